The largest absolute Gasteiger partial charge is 0.198 e. The first-order valence-electron chi connectivity index (χ1n) is 5.82. The van der Waals surface area contributed by atoms with Crippen LogP contribution < -0.4 is 0 Å². The predicted octanol–water partition coefficient (Wildman–Crippen LogP) is 3.83. The highest BCUT2D eigenvalue weighted by Crippen LogP contribution is 2.40. The van der Waals surface area contributed by atoms with Gasteiger partial charge in [-0.25, -0.2) is 0 Å². The van der Waals surface area contributed by atoms with Crippen LogP contribution in [0.5, 0.6) is 0 Å². The van der Waals surface area contributed by atoms with Crippen molar-refractivity contribution in [1.82, 2.24) is 0 Å². The molecule has 1 nitrogen and oxygen atoms in total. The number of nitrogens with zero attached hydrogens (tertiary/aromatic N) is 1. The summed E-state index contributed by atoms with van der Waals surface area (Å²) in [7, 11) is 0. The van der Waals surface area contributed by atoms with Crippen molar-refractivity contribution in [3.05, 3.63) is 35.9 Å². The molecule has 3 atom stereocenters. The molecule has 0 heterocycles. The molecule has 1 aromatic rings. The monoisotopic (exact) mass is 231 g/mol. The molecular formula is C14H17NS. The number of rotatable bonds is 2. The van der Waals surface area contributed by atoms with Gasteiger partial charge in [0, 0.05) is 5.25 Å². The first kappa shape index (κ1) is 11.5. The van der Waals surface area contributed by atoms with Gasteiger partial charge in [-0.3, -0.25) is 0 Å². The second-order valence-electron chi connectivity index (χ2n) is 4.43. The third kappa shape index (κ3) is 2.41. The van der Waals surface area contributed by atoms with Crippen molar-refractivity contribution in [3.63, 3.8) is 0 Å². The predicted molar refractivity (Wildman–Crippen MR) is 69.4 cm³/mol. The molecule has 1 saturated carbocycles. The molecule has 16 heavy (non-hydrogen) atoms. The normalized spacial score (nSPS) is 29.6. The third-order valence-corrected chi connectivity index (χ3v) is 4.66. The van der Waals surface area contributed by atoms with E-state index in [9.17, 15) is 0 Å². The van der Waals surface area contributed by atoms with E-state index in [0.717, 1.165) is 12.8 Å². The van der Waals surface area contributed by atoms with Crippen LogP contribution >= 0.6 is 11.8 Å². The highest BCUT2D eigenvalue weighted by Gasteiger charge is 2.30. The Balaban J connectivity index is 2.08. The van der Waals surface area contributed by atoms with Crippen LogP contribution in [-0.4, -0.2) is 11.5 Å². The van der Waals surface area contributed by atoms with Crippen LogP contribution in [0.2, 0.25) is 0 Å². The van der Waals surface area contributed by atoms with Gasteiger partial charge < -0.3 is 0 Å². The minimum Gasteiger partial charge on any atom is -0.198 e. The average Bonchev–Trinajstić information content (AvgIpc) is 2.39. The summed E-state index contributed by atoms with van der Waals surface area (Å²) >= 11 is 1.85. The fourth-order valence-corrected chi connectivity index (χ4v) is 3.52. The Hall–Kier alpha value is -0.940. The number of thioether (sulfide) groups is 1. The smallest absolute Gasteiger partial charge is 0.0667 e. The minimum absolute atomic E-state index is 0.259. The van der Waals surface area contributed by atoms with E-state index in [4.69, 9.17) is 5.26 Å². The Morgan fingerprint density at radius 3 is 2.62 bits per heavy atom. The van der Waals surface area contributed by atoms with Gasteiger partial charge in [-0.15, -0.1) is 0 Å². The second kappa shape index (κ2) is 5.41. The summed E-state index contributed by atoms with van der Waals surface area (Å²) in [4.78, 5) is 0. The van der Waals surface area contributed by atoms with Gasteiger partial charge in [-0.2, -0.15) is 17.0 Å². The van der Waals surface area contributed by atoms with E-state index in [-0.39, 0.29) is 5.92 Å². The van der Waals surface area contributed by atoms with Crippen LogP contribution in [0.3, 0.4) is 0 Å². The van der Waals surface area contributed by atoms with E-state index in [1.165, 1.54) is 12.0 Å². The maximum absolute atomic E-state index is 9.09. The van der Waals surface area contributed by atoms with Crippen LogP contribution in [0.15, 0.2) is 30.3 Å². The molecule has 2 heteroatoms. The van der Waals surface area contributed by atoms with Gasteiger partial charge in [0.25, 0.3) is 0 Å². The van der Waals surface area contributed by atoms with E-state index in [0.29, 0.717) is 11.2 Å². The van der Waals surface area contributed by atoms with E-state index < -0.39 is 0 Å². The maximum atomic E-state index is 9.09. The quantitative estimate of drug-likeness (QED) is 0.772. The zero-order valence-corrected chi connectivity index (χ0v) is 10.4. The Bertz CT molecular complexity index is 368. The average molecular weight is 231 g/mol. The van der Waals surface area contributed by atoms with Crippen LogP contribution in [0.1, 0.15) is 30.7 Å². The molecule has 0 bridgehead atoms. The van der Waals surface area contributed by atoms with E-state index >= 15 is 0 Å². The molecule has 1 aromatic carbocycles. The fraction of sp³-hybridized carbons (Fsp3) is 0.500. The van der Waals surface area contributed by atoms with Gasteiger partial charge in [0.15, 0.2) is 0 Å². The molecule has 1 fully saturated rings. The summed E-state index contributed by atoms with van der Waals surface area (Å²) in [5.74, 6) is 0.915. The number of hydrogen-bond donors (Lipinski definition) is 0. The second-order valence-corrected chi connectivity index (χ2v) is 5.51. The van der Waals surface area contributed by atoms with Crippen molar-refractivity contribution in [2.45, 2.75) is 30.4 Å². The number of hydrogen-bond acceptors (Lipinski definition) is 2. The van der Waals surface area contributed by atoms with Gasteiger partial charge in [0.05, 0.1) is 12.0 Å². The standard InChI is InChI=1S/C14H17NS/c1-16-14-9-12(7-8-13(14)10-15)11-5-3-2-4-6-11/h2-6,12-14H,7-9H2,1H3. The molecule has 1 aliphatic carbocycles. The summed E-state index contributed by atoms with van der Waals surface area (Å²) < 4.78 is 0. The van der Waals surface area contributed by atoms with Gasteiger partial charge in [0.1, 0.15) is 0 Å². The molecule has 0 spiro atoms. The molecular weight excluding hydrogens is 214 g/mol. The van der Waals surface area contributed by atoms with Gasteiger partial charge >= 0.3 is 0 Å². The lowest BCUT2D eigenvalue weighted by Gasteiger charge is -2.31. The SMILES string of the molecule is CSC1CC(c2ccccc2)CCC1C#N. The van der Waals surface area contributed by atoms with E-state index in [2.05, 4.69) is 42.7 Å². The Morgan fingerprint density at radius 2 is 2.00 bits per heavy atom. The lowest BCUT2D eigenvalue weighted by Crippen LogP contribution is -2.25. The first-order valence-corrected chi connectivity index (χ1v) is 7.11. The van der Waals surface area contributed by atoms with Crippen LogP contribution in [0, 0.1) is 17.2 Å². The lowest BCUT2D eigenvalue weighted by atomic mass is 9.79. The summed E-state index contributed by atoms with van der Waals surface area (Å²) in [5.41, 5.74) is 1.44. The zero-order chi connectivity index (χ0) is 11.4. The van der Waals surface area contributed by atoms with Gasteiger partial charge in [-0.1, -0.05) is 30.3 Å². The van der Waals surface area contributed by atoms with Crippen LogP contribution in [0.25, 0.3) is 0 Å². The van der Waals surface area contributed by atoms with E-state index in [1.54, 1.807) is 0 Å². The Morgan fingerprint density at radius 1 is 1.25 bits per heavy atom. The van der Waals surface area contributed by atoms with Crippen LogP contribution in [0.4, 0.5) is 0 Å². The molecule has 0 aromatic heterocycles. The minimum atomic E-state index is 0.259. The molecule has 84 valence electrons. The molecule has 0 aliphatic heterocycles. The van der Waals surface area contributed by atoms with Crippen LogP contribution in [-0.2, 0) is 0 Å². The summed E-state index contributed by atoms with van der Waals surface area (Å²) in [6.07, 6.45) is 5.51. The van der Waals surface area contributed by atoms with Crippen molar-refractivity contribution in [1.29, 1.82) is 5.26 Å². The molecule has 0 amide bonds. The number of nitriles is 1. The lowest BCUT2D eigenvalue weighted by molar-refractivity contribution is 0.394. The molecule has 0 radical (unpaired) electrons. The summed E-state index contributed by atoms with van der Waals surface area (Å²) in [6.45, 7) is 0. The zero-order valence-electron chi connectivity index (χ0n) is 9.60. The van der Waals surface area contributed by atoms with Crippen molar-refractivity contribution in [2.75, 3.05) is 6.26 Å². The van der Waals surface area contributed by atoms with Gasteiger partial charge in [-0.05, 0) is 37.0 Å². The molecule has 0 saturated heterocycles. The Labute approximate surface area is 102 Å². The molecule has 2 rings (SSSR count). The van der Waals surface area contributed by atoms with Crippen molar-refractivity contribution in [3.8, 4) is 6.07 Å². The van der Waals surface area contributed by atoms with Gasteiger partial charge in [0.2, 0.25) is 0 Å². The topological polar surface area (TPSA) is 23.8 Å². The molecule has 3 unspecified atom stereocenters. The first-order chi connectivity index (χ1) is 7.85. The summed E-state index contributed by atoms with van der Waals surface area (Å²) in [5, 5.41) is 9.60. The highest BCUT2D eigenvalue weighted by atomic mass is 32.2. The molecule has 1 aliphatic rings. The van der Waals surface area contributed by atoms with Crippen molar-refractivity contribution < 1.29 is 0 Å². The van der Waals surface area contributed by atoms with Crippen molar-refractivity contribution in [2.24, 2.45) is 5.92 Å². The third-order valence-electron chi connectivity index (χ3n) is 3.53. The maximum Gasteiger partial charge on any atom is 0.0667 e. The van der Waals surface area contributed by atoms with Crippen molar-refractivity contribution >= 4 is 11.8 Å². The molecule has 0 N–H and O–H groups in total. The Kier molecular flexibility index (Phi) is 3.90. The number of benzene rings is 1. The summed E-state index contributed by atoms with van der Waals surface area (Å²) in [6, 6.07) is 13.2. The van der Waals surface area contributed by atoms with E-state index in [1.807, 2.05) is 11.8 Å². The fourth-order valence-electron chi connectivity index (χ4n) is 2.57. The highest BCUT2D eigenvalue weighted by molar-refractivity contribution is 7.99.